The topological polar surface area (TPSA) is 85.2 Å². The summed E-state index contributed by atoms with van der Waals surface area (Å²) in [5.41, 5.74) is 11.9. The van der Waals surface area contributed by atoms with Gasteiger partial charge in [0.2, 0.25) is 0 Å². The number of hydrogen-bond acceptors (Lipinski definition) is 5. The molecule has 0 aliphatic carbocycles. The Morgan fingerprint density at radius 3 is 3.00 bits per heavy atom. The van der Waals surface area contributed by atoms with E-state index in [1.54, 1.807) is 0 Å². The SMILES string of the molecule is NC[C@@H](N)c1nc(CCO)cs1. The molecule has 0 aliphatic heterocycles. The number of nitrogens with two attached hydrogens (primary N) is 2. The van der Waals surface area contributed by atoms with Gasteiger partial charge in [0.1, 0.15) is 5.01 Å². The van der Waals surface area contributed by atoms with Gasteiger partial charge < -0.3 is 16.6 Å². The van der Waals surface area contributed by atoms with Crippen molar-refractivity contribution < 1.29 is 5.11 Å². The third kappa shape index (κ3) is 2.25. The number of aliphatic hydroxyl groups excluding tert-OH is 1. The monoisotopic (exact) mass is 187 g/mol. The van der Waals surface area contributed by atoms with Crippen LogP contribution in [0.25, 0.3) is 0 Å². The Labute approximate surface area is 75.2 Å². The van der Waals surface area contributed by atoms with Crippen LogP contribution in [0.5, 0.6) is 0 Å². The first kappa shape index (κ1) is 9.60. The van der Waals surface area contributed by atoms with E-state index in [-0.39, 0.29) is 12.6 Å². The van der Waals surface area contributed by atoms with Crippen LogP contribution in [0, 0.1) is 0 Å². The Morgan fingerprint density at radius 1 is 1.67 bits per heavy atom. The fourth-order valence-electron chi connectivity index (χ4n) is 0.823. The predicted octanol–water partition coefficient (Wildman–Crippen LogP) is -0.364. The van der Waals surface area contributed by atoms with Crippen LogP contribution >= 0.6 is 11.3 Å². The highest BCUT2D eigenvalue weighted by molar-refractivity contribution is 7.09. The van der Waals surface area contributed by atoms with Crippen LogP contribution in [-0.2, 0) is 6.42 Å². The zero-order chi connectivity index (χ0) is 8.97. The van der Waals surface area contributed by atoms with Crippen molar-refractivity contribution in [2.75, 3.05) is 13.2 Å². The van der Waals surface area contributed by atoms with Crippen LogP contribution in [0.15, 0.2) is 5.38 Å². The Bertz CT molecular complexity index is 238. The van der Waals surface area contributed by atoms with Gasteiger partial charge in [0, 0.05) is 25.0 Å². The van der Waals surface area contributed by atoms with Crippen molar-refractivity contribution in [3.63, 3.8) is 0 Å². The summed E-state index contributed by atoms with van der Waals surface area (Å²) < 4.78 is 0. The van der Waals surface area contributed by atoms with E-state index in [9.17, 15) is 0 Å². The summed E-state index contributed by atoms with van der Waals surface area (Å²) in [6.45, 7) is 0.535. The molecule has 1 rings (SSSR count). The molecule has 0 unspecified atom stereocenters. The second kappa shape index (κ2) is 4.51. The number of hydrogen-bond donors (Lipinski definition) is 3. The fraction of sp³-hybridized carbons (Fsp3) is 0.571. The molecule has 1 aromatic heterocycles. The minimum absolute atomic E-state index is 0.126. The van der Waals surface area contributed by atoms with E-state index in [0.29, 0.717) is 13.0 Å². The largest absolute Gasteiger partial charge is 0.396 e. The molecule has 1 atom stereocenters. The van der Waals surface area contributed by atoms with Gasteiger partial charge in [-0.1, -0.05) is 0 Å². The van der Waals surface area contributed by atoms with Crippen LogP contribution < -0.4 is 11.5 Å². The van der Waals surface area contributed by atoms with Crippen molar-refractivity contribution in [1.29, 1.82) is 0 Å². The molecule has 0 saturated carbocycles. The molecule has 68 valence electrons. The summed E-state index contributed by atoms with van der Waals surface area (Å²) in [4.78, 5) is 4.22. The van der Waals surface area contributed by atoms with Crippen LogP contribution in [0.2, 0.25) is 0 Å². The van der Waals surface area contributed by atoms with Crippen LogP contribution in [0.3, 0.4) is 0 Å². The van der Waals surface area contributed by atoms with Gasteiger partial charge in [0.15, 0.2) is 0 Å². The maximum Gasteiger partial charge on any atom is 0.111 e. The van der Waals surface area contributed by atoms with E-state index in [1.165, 1.54) is 11.3 Å². The number of thiazole rings is 1. The summed E-state index contributed by atoms with van der Waals surface area (Å²) in [5, 5.41) is 11.4. The normalized spacial score (nSPS) is 13.2. The lowest BCUT2D eigenvalue weighted by Gasteiger charge is -2.02. The molecular weight excluding hydrogens is 174 g/mol. The van der Waals surface area contributed by atoms with Gasteiger partial charge in [0.25, 0.3) is 0 Å². The van der Waals surface area contributed by atoms with Crippen molar-refractivity contribution in [2.24, 2.45) is 11.5 Å². The smallest absolute Gasteiger partial charge is 0.111 e. The highest BCUT2D eigenvalue weighted by atomic mass is 32.1. The minimum atomic E-state index is -0.164. The van der Waals surface area contributed by atoms with Gasteiger partial charge in [-0.3, -0.25) is 0 Å². The lowest BCUT2D eigenvalue weighted by Crippen LogP contribution is -2.20. The zero-order valence-corrected chi connectivity index (χ0v) is 7.55. The Morgan fingerprint density at radius 2 is 2.42 bits per heavy atom. The second-order valence-corrected chi connectivity index (χ2v) is 3.38. The molecule has 5 heteroatoms. The minimum Gasteiger partial charge on any atom is -0.396 e. The van der Waals surface area contributed by atoms with Crippen LogP contribution in [-0.4, -0.2) is 23.2 Å². The average Bonchev–Trinajstić information content (AvgIpc) is 2.52. The number of nitrogens with zero attached hydrogens (tertiary/aromatic N) is 1. The molecule has 0 bridgehead atoms. The van der Waals surface area contributed by atoms with E-state index in [1.807, 2.05) is 5.38 Å². The van der Waals surface area contributed by atoms with Gasteiger partial charge in [0.05, 0.1) is 11.7 Å². The second-order valence-electron chi connectivity index (χ2n) is 2.49. The zero-order valence-electron chi connectivity index (χ0n) is 6.73. The predicted molar refractivity (Wildman–Crippen MR) is 48.9 cm³/mol. The summed E-state index contributed by atoms with van der Waals surface area (Å²) in [6, 6.07) is -0.164. The van der Waals surface area contributed by atoms with Crippen LogP contribution in [0.4, 0.5) is 0 Å². The molecule has 0 amide bonds. The van der Waals surface area contributed by atoms with E-state index in [4.69, 9.17) is 16.6 Å². The standard InChI is InChI=1S/C7H13N3OS/c8-3-6(9)7-10-5(1-2-11)4-12-7/h4,6,11H,1-3,8-9H2/t6-/m1/s1. The first-order valence-electron chi connectivity index (χ1n) is 3.78. The molecule has 0 fully saturated rings. The third-order valence-electron chi connectivity index (χ3n) is 1.51. The number of aromatic nitrogens is 1. The molecule has 0 radical (unpaired) electrons. The summed E-state index contributed by atoms with van der Waals surface area (Å²) in [6.07, 6.45) is 0.591. The van der Waals surface area contributed by atoms with Crippen molar-refractivity contribution in [1.82, 2.24) is 4.98 Å². The highest BCUT2D eigenvalue weighted by Crippen LogP contribution is 2.15. The quantitative estimate of drug-likeness (QED) is 0.600. The molecule has 1 heterocycles. The first-order valence-corrected chi connectivity index (χ1v) is 4.66. The fourth-order valence-corrected chi connectivity index (χ4v) is 1.69. The van der Waals surface area contributed by atoms with Crippen molar-refractivity contribution in [3.8, 4) is 0 Å². The maximum atomic E-state index is 8.63. The summed E-state index contributed by atoms with van der Waals surface area (Å²) >= 11 is 1.49. The molecule has 12 heavy (non-hydrogen) atoms. The molecule has 0 aromatic carbocycles. The highest BCUT2D eigenvalue weighted by Gasteiger charge is 2.08. The van der Waals surface area contributed by atoms with Crippen LogP contribution in [0.1, 0.15) is 16.7 Å². The third-order valence-corrected chi connectivity index (χ3v) is 2.53. The Hall–Kier alpha value is -0.490. The van der Waals surface area contributed by atoms with Gasteiger partial charge >= 0.3 is 0 Å². The number of rotatable bonds is 4. The number of aliphatic hydroxyl groups is 1. The molecule has 0 spiro atoms. The van der Waals surface area contributed by atoms with Gasteiger partial charge in [-0.15, -0.1) is 11.3 Å². The molecule has 0 aliphatic rings. The van der Waals surface area contributed by atoms with Crippen molar-refractivity contribution in [3.05, 3.63) is 16.1 Å². The van der Waals surface area contributed by atoms with Gasteiger partial charge in [-0.2, -0.15) is 0 Å². The van der Waals surface area contributed by atoms with E-state index < -0.39 is 0 Å². The van der Waals surface area contributed by atoms with Crippen molar-refractivity contribution >= 4 is 11.3 Å². The van der Waals surface area contributed by atoms with Crippen molar-refractivity contribution in [2.45, 2.75) is 12.5 Å². The maximum absolute atomic E-state index is 8.63. The lowest BCUT2D eigenvalue weighted by molar-refractivity contribution is 0.298. The van der Waals surface area contributed by atoms with E-state index in [2.05, 4.69) is 4.98 Å². The van der Waals surface area contributed by atoms with Gasteiger partial charge in [-0.25, -0.2) is 4.98 Å². The summed E-state index contributed by atoms with van der Waals surface area (Å²) in [7, 11) is 0. The molecule has 1 aromatic rings. The molecule has 5 N–H and O–H groups in total. The van der Waals surface area contributed by atoms with E-state index >= 15 is 0 Å². The van der Waals surface area contributed by atoms with Gasteiger partial charge in [-0.05, 0) is 0 Å². The molecular formula is C7H13N3OS. The summed E-state index contributed by atoms with van der Waals surface area (Å²) in [5.74, 6) is 0. The first-order chi connectivity index (χ1) is 5.77. The lowest BCUT2D eigenvalue weighted by atomic mass is 10.3. The molecule has 4 nitrogen and oxygen atoms in total. The van der Waals surface area contributed by atoms with E-state index in [0.717, 1.165) is 10.7 Å². The Balaban J connectivity index is 2.63. The average molecular weight is 187 g/mol. The Kier molecular flexibility index (Phi) is 3.61. The molecule has 0 saturated heterocycles.